The van der Waals surface area contributed by atoms with Gasteiger partial charge in [-0.25, -0.2) is 9.18 Å². The average molecular weight is 253 g/mol. The predicted molar refractivity (Wildman–Crippen MR) is 65.1 cm³/mol. The van der Waals surface area contributed by atoms with Crippen molar-refractivity contribution >= 4 is 11.7 Å². The Bertz CT molecular complexity index is 446. The van der Waals surface area contributed by atoms with Gasteiger partial charge in [0.2, 0.25) is 0 Å². The number of nitrogens with one attached hydrogen (secondary N) is 1. The van der Waals surface area contributed by atoms with Crippen LogP contribution in [-0.2, 0) is 9.53 Å². The third kappa shape index (κ3) is 2.72. The van der Waals surface area contributed by atoms with Crippen molar-refractivity contribution in [2.24, 2.45) is 5.92 Å². The lowest BCUT2D eigenvalue weighted by Gasteiger charge is -2.18. The minimum Gasteiger partial charge on any atom is -0.494 e. The van der Waals surface area contributed by atoms with Gasteiger partial charge in [0.15, 0.2) is 0 Å². The first-order chi connectivity index (χ1) is 8.65. The van der Waals surface area contributed by atoms with Crippen LogP contribution >= 0.6 is 0 Å². The third-order valence-electron chi connectivity index (χ3n) is 3.02. The standard InChI is InChI=1S/C13H16FNO3/c1-17-11-7-9(14)5-6-10(11)15-12(8-3-4-8)13(16)18-2/h5-8,12,15H,3-4H2,1-2H3. The van der Waals surface area contributed by atoms with Crippen LogP contribution in [0.25, 0.3) is 0 Å². The number of esters is 1. The summed E-state index contributed by atoms with van der Waals surface area (Å²) in [5.41, 5.74) is 0.598. The van der Waals surface area contributed by atoms with Crippen LogP contribution < -0.4 is 10.1 Å². The normalized spacial score (nSPS) is 15.9. The summed E-state index contributed by atoms with van der Waals surface area (Å²) in [6.45, 7) is 0. The number of hydrogen-bond acceptors (Lipinski definition) is 4. The molecule has 1 atom stereocenters. The summed E-state index contributed by atoms with van der Waals surface area (Å²) in [6, 6.07) is 3.77. The molecular formula is C13H16FNO3. The van der Waals surface area contributed by atoms with Crippen molar-refractivity contribution in [1.82, 2.24) is 0 Å². The van der Waals surface area contributed by atoms with Crippen molar-refractivity contribution in [3.63, 3.8) is 0 Å². The van der Waals surface area contributed by atoms with Crippen LogP contribution in [0.15, 0.2) is 18.2 Å². The molecule has 4 nitrogen and oxygen atoms in total. The largest absolute Gasteiger partial charge is 0.494 e. The maximum absolute atomic E-state index is 13.1. The van der Waals surface area contributed by atoms with Gasteiger partial charge in [0, 0.05) is 6.07 Å². The molecule has 98 valence electrons. The maximum atomic E-state index is 13.1. The van der Waals surface area contributed by atoms with Gasteiger partial charge < -0.3 is 14.8 Å². The summed E-state index contributed by atoms with van der Waals surface area (Å²) in [6.07, 6.45) is 1.99. The number of benzene rings is 1. The third-order valence-corrected chi connectivity index (χ3v) is 3.02. The molecule has 0 spiro atoms. The molecule has 1 saturated carbocycles. The van der Waals surface area contributed by atoms with E-state index in [1.165, 1.54) is 26.4 Å². The van der Waals surface area contributed by atoms with Gasteiger partial charge in [0.25, 0.3) is 0 Å². The molecule has 1 unspecified atom stereocenters. The summed E-state index contributed by atoms with van der Waals surface area (Å²) in [7, 11) is 2.82. The summed E-state index contributed by atoms with van der Waals surface area (Å²) in [5.74, 6) is -0.0147. The number of carbonyl (C=O) groups excluding carboxylic acids is 1. The number of methoxy groups -OCH3 is 2. The van der Waals surface area contributed by atoms with E-state index < -0.39 is 6.04 Å². The Kier molecular flexibility index (Phi) is 3.69. The minimum absolute atomic E-state index is 0.284. The molecule has 0 amide bonds. The number of carbonyl (C=O) groups is 1. The number of ether oxygens (including phenoxy) is 2. The molecule has 5 heteroatoms. The van der Waals surface area contributed by atoms with Gasteiger partial charge in [-0.3, -0.25) is 0 Å². The molecule has 1 aliphatic rings. The monoisotopic (exact) mass is 253 g/mol. The first kappa shape index (κ1) is 12.7. The average Bonchev–Trinajstić information content (AvgIpc) is 3.20. The van der Waals surface area contributed by atoms with Gasteiger partial charge in [-0.05, 0) is 30.9 Å². The molecule has 1 aromatic rings. The summed E-state index contributed by atoms with van der Waals surface area (Å²) in [5, 5.41) is 3.07. The number of hydrogen-bond donors (Lipinski definition) is 1. The van der Waals surface area contributed by atoms with E-state index in [1.54, 1.807) is 6.07 Å². The Morgan fingerprint density at radius 2 is 2.17 bits per heavy atom. The Balaban J connectivity index is 2.18. The van der Waals surface area contributed by atoms with E-state index >= 15 is 0 Å². The Hall–Kier alpha value is -1.78. The molecular weight excluding hydrogens is 237 g/mol. The van der Waals surface area contributed by atoms with Crippen LogP contribution in [0.3, 0.4) is 0 Å². The van der Waals surface area contributed by atoms with Crippen molar-refractivity contribution < 1.29 is 18.7 Å². The smallest absolute Gasteiger partial charge is 0.328 e. The van der Waals surface area contributed by atoms with Crippen LogP contribution in [0, 0.1) is 11.7 Å². The maximum Gasteiger partial charge on any atom is 0.328 e. The fraction of sp³-hybridized carbons (Fsp3) is 0.462. The van der Waals surface area contributed by atoms with Crippen LogP contribution in [0.2, 0.25) is 0 Å². The van der Waals surface area contributed by atoms with E-state index in [2.05, 4.69) is 5.32 Å². The van der Waals surface area contributed by atoms with Gasteiger partial charge >= 0.3 is 5.97 Å². The van der Waals surface area contributed by atoms with E-state index in [0.29, 0.717) is 11.4 Å². The zero-order valence-corrected chi connectivity index (χ0v) is 10.4. The van der Waals surface area contributed by atoms with E-state index in [9.17, 15) is 9.18 Å². The van der Waals surface area contributed by atoms with E-state index in [0.717, 1.165) is 12.8 Å². The molecule has 18 heavy (non-hydrogen) atoms. The molecule has 1 aromatic carbocycles. The molecule has 0 radical (unpaired) electrons. The molecule has 0 bridgehead atoms. The Labute approximate surface area is 105 Å². The molecule has 0 aromatic heterocycles. The highest BCUT2D eigenvalue weighted by Gasteiger charge is 2.37. The van der Waals surface area contributed by atoms with E-state index in [4.69, 9.17) is 9.47 Å². The molecule has 0 aliphatic heterocycles. The van der Waals surface area contributed by atoms with E-state index in [-0.39, 0.29) is 17.7 Å². The lowest BCUT2D eigenvalue weighted by Crippen LogP contribution is -2.32. The van der Waals surface area contributed by atoms with E-state index in [1.807, 2.05) is 0 Å². The van der Waals surface area contributed by atoms with Gasteiger partial charge in [-0.2, -0.15) is 0 Å². The molecule has 1 aliphatic carbocycles. The van der Waals surface area contributed by atoms with Gasteiger partial charge in [-0.15, -0.1) is 0 Å². The van der Waals surface area contributed by atoms with Crippen molar-refractivity contribution in [1.29, 1.82) is 0 Å². The highest BCUT2D eigenvalue weighted by Crippen LogP contribution is 2.36. The zero-order valence-electron chi connectivity index (χ0n) is 10.4. The molecule has 1 N–H and O–H groups in total. The SMILES string of the molecule is COC(=O)C(Nc1ccc(F)cc1OC)C1CC1. The fourth-order valence-electron chi connectivity index (χ4n) is 1.88. The van der Waals surface area contributed by atoms with Crippen LogP contribution in [-0.4, -0.2) is 26.2 Å². The minimum atomic E-state index is -0.394. The predicted octanol–water partition coefficient (Wildman–Crippen LogP) is 2.20. The summed E-state index contributed by atoms with van der Waals surface area (Å²) in [4.78, 5) is 11.7. The van der Waals surface area contributed by atoms with Crippen molar-refractivity contribution in [3.8, 4) is 5.75 Å². The van der Waals surface area contributed by atoms with Crippen LogP contribution in [0.5, 0.6) is 5.75 Å². The van der Waals surface area contributed by atoms with Gasteiger partial charge in [-0.1, -0.05) is 0 Å². The number of halogens is 1. The molecule has 1 fully saturated rings. The second-order valence-electron chi connectivity index (χ2n) is 4.33. The molecule has 2 rings (SSSR count). The first-order valence-corrected chi connectivity index (χ1v) is 5.83. The van der Waals surface area contributed by atoms with Crippen molar-refractivity contribution in [3.05, 3.63) is 24.0 Å². The topological polar surface area (TPSA) is 47.6 Å². The van der Waals surface area contributed by atoms with Crippen molar-refractivity contribution in [2.75, 3.05) is 19.5 Å². The molecule has 0 heterocycles. The molecule has 0 saturated heterocycles. The Morgan fingerprint density at radius 3 is 2.72 bits per heavy atom. The number of rotatable bonds is 5. The quantitative estimate of drug-likeness (QED) is 0.817. The lowest BCUT2D eigenvalue weighted by molar-refractivity contribution is -0.142. The summed E-state index contributed by atoms with van der Waals surface area (Å²) >= 11 is 0. The van der Waals surface area contributed by atoms with Crippen LogP contribution in [0.4, 0.5) is 10.1 Å². The highest BCUT2D eigenvalue weighted by molar-refractivity contribution is 5.80. The highest BCUT2D eigenvalue weighted by atomic mass is 19.1. The zero-order chi connectivity index (χ0) is 13.1. The Morgan fingerprint density at radius 1 is 1.44 bits per heavy atom. The lowest BCUT2D eigenvalue weighted by atomic mass is 10.1. The van der Waals surface area contributed by atoms with Gasteiger partial charge in [0.05, 0.1) is 19.9 Å². The second-order valence-corrected chi connectivity index (χ2v) is 4.33. The first-order valence-electron chi connectivity index (χ1n) is 5.83. The summed E-state index contributed by atoms with van der Waals surface area (Å²) < 4.78 is 22.9. The second kappa shape index (κ2) is 5.25. The van der Waals surface area contributed by atoms with Crippen LogP contribution in [0.1, 0.15) is 12.8 Å². The number of anilines is 1. The fourth-order valence-corrected chi connectivity index (χ4v) is 1.88. The van der Waals surface area contributed by atoms with Crippen molar-refractivity contribution in [2.45, 2.75) is 18.9 Å². The van der Waals surface area contributed by atoms with Gasteiger partial charge in [0.1, 0.15) is 17.6 Å².